The number of hydrogen-bond acceptors (Lipinski definition) is 5. The number of thiazole rings is 1. The highest BCUT2D eigenvalue weighted by molar-refractivity contribution is 7.17. The number of aromatic nitrogens is 1. The van der Waals surface area contributed by atoms with Crippen molar-refractivity contribution in [1.29, 1.82) is 0 Å². The Morgan fingerprint density at radius 3 is 2.81 bits per heavy atom. The van der Waals surface area contributed by atoms with Gasteiger partial charge in [0.15, 0.2) is 5.13 Å². The lowest BCUT2D eigenvalue weighted by Gasteiger charge is -2.24. The standard InChI is InChI=1S/C15H17ClN2O2S/c1-9-13(14(19)20-4)21-15(17-9)18(3)10(2)11-6-5-7-12(16)8-11/h5-8,10H,1-4H3. The summed E-state index contributed by atoms with van der Waals surface area (Å²) in [6, 6.07) is 7.83. The SMILES string of the molecule is COC(=O)c1sc(N(C)C(C)c2cccc(Cl)c2)nc1C. The molecule has 112 valence electrons. The van der Waals surface area contributed by atoms with Crippen molar-refractivity contribution in [1.82, 2.24) is 4.98 Å². The Balaban J connectivity index is 2.27. The van der Waals surface area contributed by atoms with Crippen LogP contribution in [0.4, 0.5) is 5.13 Å². The van der Waals surface area contributed by atoms with E-state index in [1.165, 1.54) is 18.4 Å². The van der Waals surface area contributed by atoms with E-state index in [2.05, 4.69) is 11.9 Å². The smallest absolute Gasteiger partial charge is 0.350 e. The Bertz CT molecular complexity index is 657. The third-order valence-electron chi connectivity index (χ3n) is 3.37. The fourth-order valence-corrected chi connectivity index (χ4v) is 3.20. The fourth-order valence-electron chi connectivity index (χ4n) is 1.97. The van der Waals surface area contributed by atoms with Crippen molar-refractivity contribution < 1.29 is 9.53 Å². The first-order chi connectivity index (χ1) is 9.93. The summed E-state index contributed by atoms with van der Waals surface area (Å²) < 4.78 is 4.77. The van der Waals surface area contributed by atoms with Gasteiger partial charge in [-0.15, -0.1) is 0 Å². The number of anilines is 1. The third-order valence-corrected chi connectivity index (χ3v) is 4.83. The highest BCUT2D eigenvalue weighted by Gasteiger charge is 2.21. The van der Waals surface area contributed by atoms with Crippen molar-refractivity contribution in [3.63, 3.8) is 0 Å². The second-order valence-corrected chi connectivity index (χ2v) is 6.16. The van der Waals surface area contributed by atoms with Gasteiger partial charge in [0, 0.05) is 12.1 Å². The lowest BCUT2D eigenvalue weighted by atomic mass is 10.1. The highest BCUT2D eigenvalue weighted by atomic mass is 35.5. The van der Waals surface area contributed by atoms with E-state index < -0.39 is 0 Å². The van der Waals surface area contributed by atoms with Crippen LogP contribution in [0.5, 0.6) is 0 Å². The Labute approximate surface area is 133 Å². The molecule has 0 N–H and O–H groups in total. The van der Waals surface area contributed by atoms with E-state index in [-0.39, 0.29) is 12.0 Å². The molecule has 4 nitrogen and oxygen atoms in total. The minimum Gasteiger partial charge on any atom is -0.465 e. The van der Waals surface area contributed by atoms with E-state index in [0.29, 0.717) is 15.6 Å². The Kier molecular flexibility index (Phi) is 4.85. The molecule has 0 radical (unpaired) electrons. The first-order valence-corrected chi connectivity index (χ1v) is 7.67. The number of aryl methyl sites for hydroxylation is 1. The molecule has 0 aliphatic carbocycles. The summed E-state index contributed by atoms with van der Waals surface area (Å²) >= 11 is 7.37. The quantitative estimate of drug-likeness (QED) is 0.794. The van der Waals surface area contributed by atoms with Gasteiger partial charge in [-0.05, 0) is 31.5 Å². The van der Waals surface area contributed by atoms with Gasteiger partial charge >= 0.3 is 5.97 Å². The molecule has 2 rings (SSSR count). The molecule has 6 heteroatoms. The summed E-state index contributed by atoms with van der Waals surface area (Å²) in [5.74, 6) is -0.347. The minimum atomic E-state index is -0.347. The van der Waals surface area contributed by atoms with Crippen LogP contribution in [0.2, 0.25) is 5.02 Å². The minimum absolute atomic E-state index is 0.0970. The van der Waals surface area contributed by atoms with Crippen LogP contribution in [0.3, 0.4) is 0 Å². The molecule has 0 spiro atoms. The molecule has 2 aromatic rings. The molecule has 0 fully saturated rings. The highest BCUT2D eigenvalue weighted by Crippen LogP contribution is 2.32. The molecule has 0 amide bonds. The van der Waals surface area contributed by atoms with E-state index in [0.717, 1.165) is 10.7 Å². The van der Waals surface area contributed by atoms with Crippen molar-refractivity contribution in [2.75, 3.05) is 19.1 Å². The Morgan fingerprint density at radius 1 is 1.48 bits per heavy atom. The zero-order valence-corrected chi connectivity index (χ0v) is 14.0. The second-order valence-electron chi connectivity index (χ2n) is 4.74. The Hall–Kier alpha value is -1.59. The van der Waals surface area contributed by atoms with Gasteiger partial charge in [0.25, 0.3) is 0 Å². The summed E-state index contributed by atoms with van der Waals surface area (Å²) in [5, 5.41) is 1.48. The van der Waals surface area contributed by atoms with E-state index >= 15 is 0 Å². The first kappa shape index (κ1) is 15.8. The molecule has 1 aromatic heterocycles. The number of halogens is 1. The molecule has 0 bridgehead atoms. The number of carbonyl (C=O) groups excluding carboxylic acids is 1. The van der Waals surface area contributed by atoms with Gasteiger partial charge in [-0.2, -0.15) is 0 Å². The van der Waals surface area contributed by atoms with Crippen molar-refractivity contribution in [3.05, 3.63) is 45.4 Å². The van der Waals surface area contributed by atoms with Gasteiger partial charge in [-0.1, -0.05) is 35.1 Å². The van der Waals surface area contributed by atoms with Gasteiger partial charge in [0.05, 0.1) is 18.8 Å². The molecule has 0 aliphatic heterocycles. The van der Waals surface area contributed by atoms with Gasteiger partial charge in [-0.3, -0.25) is 0 Å². The number of methoxy groups -OCH3 is 1. The predicted octanol–water partition coefficient (Wildman–Crippen LogP) is 4.09. The lowest BCUT2D eigenvalue weighted by Crippen LogP contribution is -2.21. The average molecular weight is 325 g/mol. The number of benzene rings is 1. The van der Waals surface area contributed by atoms with Crippen molar-refractivity contribution >= 4 is 34.0 Å². The van der Waals surface area contributed by atoms with Gasteiger partial charge in [0.2, 0.25) is 0 Å². The molecule has 0 saturated carbocycles. The zero-order chi connectivity index (χ0) is 15.6. The number of ether oxygens (including phenoxy) is 1. The summed E-state index contributed by atoms with van der Waals surface area (Å²) in [4.78, 5) is 18.7. The molecular formula is C15H17ClN2O2S. The summed E-state index contributed by atoms with van der Waals surface area (Å²) in [6.07, 6.45) is 0. The predicted molar refractivity (Wildman–Crippen MR) is 86.5 cm³/mol. The topological polar surface area (TPSA) is 42.4 Å². The monoisotopic (exact) mass is 324 g/mol. The van der Waals surface area contributed by atoms with E-state index in [9.17, 15) is 4.79 Å². The first-order valence-electron chi connectivity index (χ1n) is 6.48. The van der Waals surface area contributed by atoms with Crippen LogP contribution in [0, 0.1) is 6.92 Å². The molecule has 1 atom stereocenters. The number of carbonyl (C=O) groups is 1. The van der Waals surface area contributed by atoms with Crippen LogP contribution in [0.1, 0.15) is 33.9 Å². The largest absolute Gasteiger partial charge is 0.465 e. The second kappa shape index (κ2) is 6.45. The molecular weight excluding hydrogens is 308 g/mol. The number of nitrogens with zero attached hydrogens (tertiary/aromatic N) is 2. The van der Waals surface area contributed by atoms with Gasteiger partial charge < -0.3 is 9.64 Å². The molecule has 1 heterocycles. The zero-order valence-electron chi connectivity index (χ0n) is 12.4. The normalized spacial score (nSPS) is 12.0. The van der Waals surface area contributed by atoms with E-state index in [1.807, 2.05) is 43.1 Å². The van der Waals surface area contributed by atoms with Gasteiger partial charge in [0.1, 0.15) is 4.88 Å². The summed E-state index contributed by atoms with van der Waals surface area (Å²) in [6.45, 7) is 3.88. The van der Waals surface area contributed by atoms with Crippen LogP contribution in [-0.2, 0) is 4.74 Å². The maximum absolute atomic E-state index is 11.7. The number of rotatable bonds is 4. The van der Waals surface area contributed by atoms with Crippen LogP contribution in [0.15, 0.2) is 24.3 Å². The van der Waals surface area contributed by atoms with Crippen molar-refractivity contribution in [3.8, 4) is 0 Å². The number of hydrogen-bond donors (Lipinski definition) is 0. The third kappa shape index (κ3) is 3.36. The summed E-state index contributed by atoms with van der Waals surface area (Å²) in [7, 11) is 3.32. The van der Waals surface area contributed by atoms with Crippen LogP contribution < -0.4 is 4.90 Å². The fraction of sp³-hybridized carbons (Fsp3) is 0.333. The van der Waals surface area contributed by atoms with Crippen LogP contribution >= 0.6 is 22.9 Å². The average Bonchev–Trinajstić information content (AvgIpc) is 2.87. The molecule has 0 saturated heterocycles. The van der Waals surface area contributed by atoms with E-state index in [4.69, 9.17) is 16.3 Å². The van der Waals surface area contributed by atoms with Crippen molar-refractivity contribution in [2.45, 2.75) is 19.9 Å². The molecule has 21 heavy (non-hydrogen) atoms. The molecule has 1 aromatic carbocycles. The Morgan fingerprint density at radius 2 is 2.19 bits per heavy atom. The van der Waals surface area contributed by atoms with E-state index in [1.54, 1.807) is 0 Å². The maximum Gasteiger partial charge on any atom is 0.350 e. The number of esters is 1. The van der Waals surface area contributed by atoms with Crippen LogP contribution in [0.25, 0.3) is 0 Å². The maximum atomic E-state index is 11.7. The van der Waals surface area contributed by atoms with Crippen LogP contribution in [-0.4, -0.2) is 25.1 Å². The molecule has 0 aliphatic rings. The lowest BCUT2D eigenvalue weighted by molar-refractivity contribution is 0.0605. The molecule has 1 unspecified atom stereocenters. The van der Waals surface area contributed by atoms with Gasteiger partial charge in [-0.25, -0.2) is 9.78 Å². The summed E-state index contributed by atoms with van der Waals surface area (Å²) in [5.41, 5.74) is 1.78. The van der Waals surface area contributed by atoms with Crippen molar-refractivity contribution in [2.24, 2.45) is 0 Å².